The molecule has 0 saturated carbocycles. The van der Waals surface area contributed by atoms with Gasteiger partial charge in [-0.3, -0.25) is 9.59 Å². The highest BCUT2D eigenvalue weighted by Gasteiger charge is 2.28. The summed E-state index contributed by atoms with van der Waals surface area (Å²) in [6.07, 6.45) is 1.88. The first-order valence-electron chi connectivity index (χ1n) is 9.85. The number of hydrogen-bond donors (Lipinski definition) is 2. The Kier molecular flexibility index (Phi) is 6.05. The van der Waals surface area contributed by atoms with Crippen molar-refractivity contribution in [2.45, 2.75) is 26.2 Å². The standard InChI is InChI=1S/C23H18ClF2N3O3/c1-12-20-18(28-29-22(30)14-5-2-3-6-15(14)24)7-4-8-19(20)32-21(12)23(31)27-17-10-9-13(25)11-16(17)26/h2-3,5-6,9-11H,4,7-8H2,1H3,(H,27,31)(H,29,30)/b28-18+. The summed E-state index contributed by atoms with van der Waals surface area (Å²) in [6, 6.07) is 9.48. The molecule has 1 aromatic heterocycles. The number of benzene rings is 2. The summed E-state index contributed by atoms with van der Waals surface area (Å²) in [5, 5.41) is 6.95. The van der Waals surface area contributed by atoms with Gasteiger partial charge >= 0.3 is 0 Å². The Bertz CT molecular complexity index is 1250. The monoisotopic (exact) mass is 457 g/mol. The molecule has 0 radical (unpaired) electrons. The molecule has 4 rings (SSSR count). The molecule has 1 aliphatic carbocycles. The normalized spacial score (nSPS) is 14.2. The minimum atomic E-state index is -0.892. The molecule has 3 aromatic rings. The van der Waals surface area contributed by atoms with Crippen LogP contribution in [0, 0.1) is 18.6 Å². The van der Waals surface area contributed by atoms with Gasteiger partial charge in [0.05, 0.1) is 22.0 Å². The zero-order chi connectivity index (χ0) is 22.8. The van der Waals surface area contributed by atoms with Gasteiger partial charge in [0.1, 0.15) is 17.4 Å². The van der Waals surface area contributed by atoms with Crippen LogP contribution >= 0.6 is 11.6 Å². The van der Waals surface area contributed by atoms with Crippen molar-refractivity contribution in [3.05, 3.63) is 87.3 Å². The molecule has 0 atom stereocenters. The third-order valence-corrected chi connectivity index (χ3v) is 5.45. The highest BCUT2D eigenvalue weighted by atomic mass is 35.5. The van der Waals surface area contributed by atoms with Gasteiger partial charge in [-0.25, -0.2) is 14.2 Å². The summed E-state index contributed by atoms with van der Waals surface area (Å²) in [4.78, 5) is 25.1. The molecule has 1 aliphatic rings. The van der Waals surface area contributed by atoms with Crippen LogP contribution in [-0.2, 0) is 6.42 Å². The average molecular weight is 458 g/mol. The molecule has 0 aliphatic heterocycles. The van der Waals surface area contributed by atoms with Gasteiger partial charge in [0.25, 0.3) is 11.8 Å². The van der Waals surface area contributed by atoms with Crippen molar-refractivity contribution in [2.75, 3.05) is 5.32 Å². The van der Waals surface area contributed by atoms with Gasteiger partial charge in [0.15, 0.2) is 5.76 Å². The number of fused-ring (bicyclic) bond motifs is 1. The first-order chi connectivity index (χ1) is 15.3. The van der Waals surface area contributed by atoms with E-state index < -0.39 is 23.4 Å². The van der Waals surface area contributed by atoms with Crippen molar-refractivity contribution in [3.8, 4) is 0 Å². The zero-order valence-electron chi connectivity index (χ0n) is 17.0. The number of hydrazone groups is 1. The Morgan fingerprint density at radius 1 is 1.09 bits per heavy atom. The molecular formula is C23H18ClF2N3O3. The predicted molar refractivity (Wildman–Crippen MR) is 116 cm³/mol. The van der Waals surface area contributed by atoms with E-state index in [2.05, 4.69) is 15.8 Å². The van der Waals surface area contributed by atoms with E-state index >= 15 is 0 Å². The predicted octanol–water partition coefficient (Wildman–Crippen LogP) is 5.24. The second-order valence-electron chi connectivity index (χ2n) is 7.27. The van der Waals surface area contributed by atoms with Gasteiger partial charge in [-0.2, -0.15) is 5.10 Å². The maximum absolute atomic E-state index is 13.9. The minimum absolute atomic E-state index is 0.00533. The van der Waals surface area contributed by atoms with E-state index in [4.69, 9.17) is 16.0 Å². The fraction of sp³-hybridized carbons (Fsp3) is 0.174. The van der Waals surface area contributed by atoms with Gasteiger partial charge in [0, 0.05) is 23.6 Å². The average Bonchev–Trinajstić information content (AvgIpc) is 3.11. The molecule has 2 amide bonds. The second kappa shape index (κ2) is 8.92. The van der Waals surface area contributed by atoms with Gasteiger partial charge in [-0.1, -0.05) is 23.7 Å². The van der Waals surface area contributed by atoms with Crippen molar-refractivity contribution >= 4 is 34.8 Å². The van der Waals surface area contributed by atoms with Crippen LogP contribution in [0.2, 0.25) is 5.02 Å². The van der Waals surface area contributed by atoms with Crippen LogP contribution in [0.25, 0.3) is 0 Å². The summed E-state index contributed by atoms with van der Waals surface area (Å²) < 4.78 is 32.8. The Hall–Kier alpha value is -3.52. The number of rotatable bonds is 4. The van der Waals surface area contributed by atoms with Crippen molar-refractivity contribution in [1.29, 1.82) is 0 Å². The van der Waals surface area contributed by atoms with Crippen LogP contribution in [0.4, 0.5) is 14.5 Å². The first-order valence-corrected chi connectivity index (χ1v) is 10.2. The quantitative estimate of drug-likeness (QED) is 0.525. The van der Waals surface area contributed by atoms with E-state index in [0.717, 1.165) is 12.1 Å². The Labute approximate surface area is 187 Å². The van der Waals surface area contributed by atoms with Gasteiger partial charge in [-0.15, -0.1) is 0 Å². The number of carbonyl (C=O) groups excluding carboxylic acids is 2. The van der Waals surface area contributed by atoms with Gasteiger partial charge < -0.3 is 9.73 Å². The van der Waals surface area contributed by atoms with Crippen molar-refractivity contribution in [1.82, 2.24) is 5.43 Å². The second-order valence-corrected chi connectivity index (χ2v) is 7.67. The summed E-state index contributed by atoms with van der Waals surface area (Å²) in [6.45, 7) is 1.69. The van der Waals surface area contributed by atoms with Crippen LogP contribution < -0.4 is 10.7 Å². The summed E-state index contributed by atoms with van der Waals surface area (Å²) in [5.74, 6) is -2.19. The lowest BCUT2D eigenvalue weighted by Gasteiger charge is -2.13. The van der Waals surface area contributed by atoms with Crippen LogP contribution in [0.3, 0.4) is 0 Å². The molecule has 0 spiro atoms. The molecule has 0 unspecified atom stereocenters. The molecule has 0 bridgehead atoms. The number of nitrogens with zero attached hydrogens (tertiary/aromatic N) is 1. The lowest BCUT2D eigenvalue weighted by atomic mass is 9.93. The zero-order valence-corrected chi connectivity index (χ0v) is 17.7. The van der Waals surface area contributed by atoms with Crippen LogP contribution in [-0.4, -0.2) is 17.5 Å². The summed E-state index contributed by atoms with van der Waals surface area (Å²) in [7, 11) is 0. The minimum Gasteiger partial charge on any atom is -0.455 e. The van der Waals surface area contributed by atoms with E-state index in [1.165, 1.54) is 0 Å². The van der Waals surface area contributed by atoms with Crippen molar-refractivity contribution in [2.24, 2.45) is 5.10 Å². The molecule has 0 saturated heterocycles. The Morgan fingerprint density at radius 3 is 2.62 bits per heavy atom. The molecule has 2 N–H and O–H groups in total. The lowest BCUT2D eigenvalue weighted by molar-refractivity contribution is 0.0953. The van der Waals surface area contributed by atoms with Crippen molar-refractivity contribution in [3.63, 3.8) is 0 Å². The number of amides is 2. The lowest BCUT2D eigenvalue weighted by Crippen LogP contribution is -2.22. The van der Waals surface area contributed by atoms with Crippen LogP contribution in [0.5, 0.6) is 0 Å². The third-order valence-electron chi connectivity index (χ3n) is 5.12. The topological polar surface area (TPSA) is 83.7 Å². The van der Waals surface area contributed by atoms with E-state index in [9.17, 15) is 18.4 Å². The van der Waals surface area contributed by atoms with E-state index in [1.54, 1.807) is 31.2 Å². The smallest absolute Gasteiger partial charge is 0.291 e. The number of hydrogen-bond acceptors (Lipinski definition) is 4. The third kappa shape index (κ3) is 4.27. The highest BCUT2D eigenvalue weighted by Crippen LogP contribution is 2.30. The molecular weight excluding hydrogens is 440 g/mol. The first kappa shape index (κ1) is 21.7. The van der Waals surface area contributed by atoms with Crippen LogP contribution in [0.1, 0.15) is 50.6 Å². The molecule has 164 valence electrons. The number of carbonyl (C=O) groups is 2. The maximum atomic E-state index is 13.9. The SMILES string of the molecule is Cc1c(C(=O)Nc2ccc(F)cc2F)oc2c1/C(=N/NC(=O)c1ccccc1Cl)CCC2. The van der Waals surface area contributed by atoms with Crippen molar-refractivity contribution < 1.29 is 22.8 Å². The van der Waals surface area contributed by atoms with Crippen LogP contribution in [0.15, 0.2) is 52.0 Å². The Balaban J connectivity index is 1.58. The summed E-state index contributed by atoms with van der Waals surface area (Å²) >= 11 is 6.06. The number of anilines is 1. The number of aryl methyl sites for hydroxylation is 1. The van der Waals surface area contributed by atoms with Gasteiger partial charge in [0.2, 0.25) is 0 Å². The molecule has 1 heterocycles. The van der Waals surface area contributed by atoms with E-state index in [0.29, 0.717) is 58.5 Å². The molecule has 32 heavy (non-hydrogen) atoms. The van der Waals surface area contributed by atoms with E-state index in [1.807, 2.05) is 0 Å². The maximum Gasteiger partial charge on any atom is 0.291 e. The molecule has 9 heteroatoms. The largest absolute Gasteiger partial charge is 0.455 e. The number of nitrogens with one attached hydrogen (secondary N) is 2. The number of halogens is 3. The fourth-order valence-corrected chi connectivity index (χ4v) is 3.81. The van der Waals surface area contributed by atoms with Gasteiger partial charge in [-0.05, 0) is 44.0 Å². The molecule has 0 fully saturated rings. The highest BCUT2D eigenvalue weighted by molar-refractivity contribution is 6.33. The number of furan rings is 1. The molecule has 6 nitrogen and oxygen atoms in total. The Morgan fingerprint density at radius 2 is 1.88 bits per heavy atom. The fourth-order valence-electron chi connectivity index (χ4n) is 3.59. The van der Waals surface area contributed by atoms with E-state index in [-0.39, 0.29) is 11.4 Å². The summed E-state index contributed by atoms with van der Waals surface area (Å²) in [5.41, 5.74) is 4.36. The molecule has 2 aromatic carbocycles.